The van der Waals surface area contributed by atoms with Crippen molar-refractivity contribution in [2.24, 2.45) is 5.73 Å². The Hall–Kier alpha value is -2.41. The van der Waals surface area contributed by atoms with Crippen LogP contribution < -0.4 is 10.5 Å². The first-order valence-corrected chi connectivity index (χ1v) is 9.99. The van der Waals surface area contributed by atoms with Crippen molar-refractivity contribution in [3.8, 4) is 5.75 Å². The summed E-state index contributed by atoms with van der Waals surface area (Å²) < 4.78 is 5.17. The van der Waals surface area contributed by atoms with Crippen LogP contribution in [0.1, 0.15) is 47.2 Å². The number of carbonyl (C=O) groups excluding carboxylic acids is 2. The summed E-state index contributed by atoms with van der Waals surface area (Å²) in [5.41, 5.74) is 8.48. The maximum atomic E-state index is 12.9. The Morgan fingerprint density at radius 1 is 1.24 bits per heavy atom. The molecule has 29 heavy (non-hydrogen) atoms. The van der Waals surface area contributed by atoms with Crippen LogP contribution in [0.15, 0.2) is 42.5 Å². The van der Waals surface area contributed by atoms with Crippen LogP contribution >= 0.6 is 11.6 Å². The van der Waals surface area contributed by atoms with Crippen LogP contribution in [-0.2, 0) is 11.3 Å². The van der Waals surface area contributed by atoms with E-state index in [1.165, 1.54) is 24.6 Å². The summed E-state index contributed by atoms with van der Waals surface area (Å²) in [6, 6.07) is 12.8. The molecule has 1 aliphatic rings. The molecule has 3 rings (SSSR count). The van der Waals surface area contributed by atoms with E-state index in [0.29, 0.717) is 36.1 Å². The Labute approximate surface area is 175 Å². The molecule has 6 nitrogen and oxygen atoms in total. The van der Waals surface area contributed by atoms with Gasteiger partial charge in [-0.2, -0.15) is 0 Å². The van der Waals surface area contributed by atoms with Crippen LogP contribution in [0.25, 0.3) is 0 Å². The van der Waals surface area contributed by atoms with Crippen LogP contribution in [0.5, 0.6) is 5.75 Å². The Morgan fingerprint density at radius 3 is 2.62 bits per heavy atom. The number of nitrogens with zero attached hydrogens (tertiary/aromatic N) is 1. The average molecular weight is 417 g/mol. The Balaban J connectivity index is 1.67. The standard InChI is InChI=1S/C22H25ClN2O4/c1-14(26)22(28)29-20-11-18(10-19(23)12-20)21(27)25-7-5-16(6-8-25)17-4-2-3-15(9-17)13-24/h2-4,9-12,16,22,28H,5-8,13,24H2,1H3. The maximum absolute atomic E-state index is 12.9. The van der Waals surface area contributed by atoms with Crippen molar-refractivity contribution in [1.29, 1.82) is 0 Å². The van der Waals surface area contributed by atoms with E-state index in [1.54, 1.807) is 11.0 Å². The van der Waals surface area contributed by atoms with Gasteiger partial charge in [-0.3, -0.25) is 9.59 Å². The minimum Gasteiger partial charge on any atom is -0.458 e. The summed E-state index contributed by atoms with van der Waals surface area (Å²) in [5.74, 6) is -0.103. The highest BCUT2D eigenvalue weighted by Crippen LogP contribution is 2.30. The Kier molecular flexibility index (Phi) is 6.90. The Morgan fingerprint density at radius 2 is 1.97 bits per heavy atom. The first kappa shape index (κ1) is 21.3. The lowest BCUT2D eigenvalue weighted by Crippen LogP contribution is -2.38. The van der Waals surface area contributed by atoms with Gasteiger partial charge < -0.3 is 20.5 Å². The first-order valence-electron chi connectivity index (χ1n) is 9.61. The minimum absolute atomic E-state index is 0.149. The molecule has 154 valence electrons. The number of likely N-dealkylation sites (tertiary alicyclic amines) is 1. The lowest BCUT2D eigenvalue weighted by molar-refractivity contribution is -0.138. The summed E-state index contributed by atoms with van der Waals surface area (Å²) in [4.78, 5) is 25.9. The number of nitrogens with two attached hydrogens (primary N) is 1. The number of piperidine rings is 1. The molecule has 1 saturated heterocycles. The molecule has 1 atom stereocenters. The number of amides is 1. The van der Waals surface area contributed by atoms with Crippen LogP contribution in [0.3, 0.4) is 0 Å². The molecule has 0 radical (unpaired) electrons. The number of rotatable bonds is 6. The number of ketones is 1. The molecule has 1 unspecified atom stereocenters. The van der Waals surface area contributed by atoms with E-state index in [2.05, 4.69) is 12.1 Å². The molecule has 3 N–H and O–H groups in total. The second-order valence-corrected chi connectivity index (χ2v) is 7.71. The highest BCUT2D eigenvalue weighted by Gasteiger charge is 2.25. The smallest absolute Gasteiger partial charge is 0.257 e. The van der Waals surface area contributed by atoms with Crippen LogP contribution in [-0.4, -0.2) is 41.1 Å². The zero-order valence-electron chi connectivity index (χ0n) is 16.3. The van der Waals surface area contributed by atoms with Gasteiger partial charge in [-0.25, -0.2) is 0 Å². The van der Waals surface area contributed by atoms with Crippen molar-refractivity contribution >= 4 is 23.3 Å². The number of benzene rings is 2. The van der Waals surface area contributed by atoms with Crippen molar-refractivity contribution in [1.82, 2.24) is 4.90 Å². The molecular weight excluding hydrogens is 392 g/mol. The molecule has 0 aromatic heterocycles. The molecule has 0 saturated carbocycles. The molecule has 2 aromatic rings. The quantitative estimate of drug-likeness (QED) is 0.706. The summed E-state index contributed by atoms with van der Waals surface area (Å²) in [7, 11) is 0. The SMILES string of the molecule is CC(=O)C(O)Oc1cc(Cl)cc(C(=O)N2CCC(c3cccc(CN)c3)CC2)c1. The topological polar surface area (TPSA) is 92.9 Å². The normalized spacial score (nSPS) is 15.8. The second kappa shape index (κ2) is 9.39. The van der Waals surface area contributed by atoms with Gasteiger partial charge in [-0.15, -0.1) is 0 Å². The number of Topliss-reactive ketones (excluding diaryl/α,β-unsaturated/α-hetero) is 1. The van der Waals surface area contributed by atoms with Crippen molar-refractivity contribution in [3.05, 3.63) is 64.2 Å². The molecule has 0 bridgehead atoms. The highest BCUT2D eigenvalue weighted by molar-refractivity contribution is 6.31. The Bertz CT molecular complexity index is 894. The summed E-state index contributed by atoms with van der Waals surface area (Å²) in [5, 5.41) is 9.91. The van der Waals surface area contributed by atoms with E-state index in [9.17, 15) is 14.7 Å². The third kappa shape index (κ3) is 5.35. The fourth-order valence-electron chi connectivity index (χ4n) is 3.54. The lowest BCUT2D eigenvalue weighted by Gasteiger charge is -2.32. The van der Waals surface area contributed by atoms with Gasteiger partial charge in [-0.1, -0.05) is 35.9 Å². The van der Waals surface area contributed by atoms with Crippen molar-refractivity contribution in [3.63, 3.8) is 0 Å². The maximum Gasteiger partial charge on any atom is 0.257 e. The first-order chi connectivity index (χ1) is 13.9. The van der Waals surface area contributed by atoms with Crippen molar-refractivity contribution < 1.29 is 19.4 Å². The molecule has 2 aromatic carbocycles. The summed E-state index contributed by atoms with van der Waals surface area (Å²) in [6.45, 7) is 3.00. The van der Waals surface area contributed by atoms with E-state index >= 15 is 0 Å². The molecule has 0 spiro atoms. The third-order valence-corrected chi connectivity index (χ3v) is 5.37. The van der Waals surface area contributed by atoms with Gasteiger partial charge in [0, 0.05) is 37.1 Å². The van der Waals surface area contributed by atoms with Gasteiger partial charge in [-0.05, 0) is 48.1 Å². The second-order valence-electron chi connectivity index (χ2n) is 7.27. The molecular formula is C22H25ClN2O4. The fraction of sp³-hybridized carbons (Fsp3) is 0.364. The van der Waals surface area contributed by atoms with Gasteiger partial charge in [0.15, 0.2) is 5.78 Å². The molecule has 7 heteroatoms. The highest BCUT2D eigenvalue weighted by atomic mass is 35.5. The van der Waals surface area contributed by atoms with Gasteiger partial charge in [0.25, 0.3) is 12.2 Å². The van der Waals surface area contributed by atoms with E-state index in [1.807, 2.05) is 12.1 Å². The number of ether oxygens (including phenoxy) is 1. The van der Waals surface area contributed by atoms with Crippen LogP contribution in [0.2, 0.25) is 5.02 Å². The minimum atomic E-state index is -1.59. The van der Waals surface area contributed by atoms with E-state index < -0.39 is 12.1 Å². The monoisotopic (exact) mass is 416 g/mol. The number of aliphatic hydroxyl groups excluding tert-OH is 1. The number of carbonyl (C=O) groups is 2. The van der Waals surface area contributed by atoms with E-state index in [0.717, 1.165) is 18.4 Å². The average Bonchev–Trinajstić information content (AvgIpc) is 2.73. The van der Waals surface area contributed by atoms with Gasteiger partial charge in [0.05, 0.1) is 0 Å². The van der Waals surface area contributed by atoms with Crippen LogP contribution in [0, 0.1) is 0 Å². The largest absolute Gasteiger partial charge is 0.458 e. The summed E-state index contributed by atoms with van der Waals surface area (Å²) in [6.07, 6.45) is 0.149. The van der Waals surface area contributed by atoms with E-state index in [4.69, 9.17) is 22.1 Å². The number of hydrogen-bond acceptors (Lipinski definition) is 5. The zero-order valence-corrected chi connectivity index (χ0v) is 17.1. The zero-order chi connectivity index (χ0) is 21.0. The third-order valence-electron chi connectivity index (χ3n) is 5.15. The summed E-state index contributed by atoms with van der Waals surface area (Å²) >= 11 is 6.10. The van der Waals surface area contributed by atoms with Crippen molar-refractivity contribution in [2.75, 3.05) is 13.1 Å². The lowest BCUT2D eigenvalue weighted by atomic mass is 9.88. The number of aliphatic hydroxyl groups is 1. The predicted octanol–water partition coefficient (Wildman–Crippen LogP) is 3.10. The molecule has 1 amide bonds. The molecule has 0 aliphatic carbocycles. The van der Waals surface area contributed by atoms with Crippen molar-refractivity contribution in [2.45, 2.75) is 38.5 Å². The number of halogens is 1. The fourth-order valence-corrected chi connectivity index (χ4v) is 3.76. The predicted molar refractivity (Wildman–Crippen MR) is 111 cm³/mol. The van der Waals surface area contributed by atoms with E-state index in [-0.39, 0.29) is 11.7 Å². The van der Waals surface area contributed by atoms with Crippen LogP contribution in [0.4, 0.5) is 0 Å². The van der Waals surface area contributed by atoms with Gasteiger partial charge in [0.1, 0.15) is 5.75 Å². The number of hydrogen-bond donors (Lipinski definition) is 2. The molecule has 1 aliphatic heterocycles. The van der Waals surface area contributed by atoms with Gasteiger partial charge >= 0.3 is 0 Å². The van der Waals surface area contributed by atoms with Gasteiger partial charge in [0.2, 0.25) is 0 Å². The molecule has 1 heterocycles. The molecule has 1 fully saturated rings.